The lowest BCUT2D eigenvalue weighted by Gasteiger charge is -2.21. The van der Waals surface area contributed by atoms with Gasteiger partial charge in [-0.2, -0.15) is 4.98 Å². The molecular formula is C28H34ClN3O3. The van der Waals surface area contributed by atoms with E-state index in [1.807, 2.05) is 60.4 Å². The molecule has 0 aliphatic heterocycles. The predicted octanol–water partition coefficient (Wildman–Crippen LogP) is 5.97. The first-order chi connectivity index (χ1) is 16.9. The zero-order chi connectivity index (χ0) is 25.6. The monoisotopic (exact) mass is 495 g/mol. The van der Waals surface area contributed by atoms with Crippen LogP contribution in [0.3, 0.4) is 0 Å². The zero-order valence-corrected chi connectivity index (χ0v) is 21.5. The highest BCUT2D eigenvalue weighted by Crippen LogP contribution is 2.16. The minimum absolute atomic E-state index is 0.210. The molecule has 1 heterocycles. The number of ether oxygens (including phenoxy) is 1. The molecule has 6 nitrogen and oxygen atoms in total. The second kappa shape index (κ2) is 14.9. The van der Waals surface area contributed by atoms with E-state index in [2.05, 4.69) is 36.8 Å². The van der Waals surface area contributed by atoms with Crippen LogP contribution in [0.4, 0.5) is 0 Å². The van der Waals surface area contributed by atoms with Gasteiger partial charge in [0, 0.05) is 31.0 Å². The van der Waals surface area contributed by atoms with Crippen LogP contribution in [0, 0.1) is 18.8 Å². The number of halogens is 1. The maximum Gasteiger partial charge on any atom is 0.231 e. The largest absolute Gasteiger partial charge is 0.493 e. The fourth-order valence-corrected chi connectivity index (χ4v) is 3.48. The summed E-state index contributed by atoms with van der Waals surface area (Å²) in [6, 6.07) is 15.5. The van der Waals surface area contributed by atoms with Gasteiger partial charge in [0.05, 0.1) is 13.0 Å². The standard InChI is InChI=1S/C26H32ClN3O3.C2H2/c1-4-30(26(31)14-5-19(2)3)18-21-8-12-23(13-9-21)32-16-15-24-28-25(33-29-24)17-20-6-10-22(27)11-7-20;1-2/h6-13,19H,4-5,14-18H2,1-3H3;1-2H. The molecule has 3 rings (SSSR count). The summed E-state index contributed by atoms with van der Waals surface area (Å²) < 4.78 is 11.2. The van der Waals surface area contributed by atoms with Crippen molar-refractivity contribution in [3.8, 4) is 18.6 Å². The molecule has 0 spiro atoms. The molecule has 1 amide bonds. The Morgan fingerprint density at radius 2 is 1.74 bits per heavy atom. The molecule has 3 aromatic rings. The molecule has 186 valence electrons. The van der Waals surface area contributed by atoms with Crippen LogP contribution < -0.4 is 4.74 Å². The van der Waals surface area contributed by atoms with Crippen molar-refractivity contribution < 1.29 is 14.1 Å². The van der Waals surface area contributed by atoms with Gasteiger partial charge in [0.2, 0.25) is 11.8 Å². The van der Waals surface area contributed by atoms with Crippen molar-refractivity contribution in [3.63, 3.8) is 0 Å². The lowest BCUT2D eigenvalue weighted by atomic mass is 10.1. The topological polar surface area (TPSA) is 68.5 Å². The molecule has 0 fully saturated rings. The Kier molecular flexibility index (Phi) is 11.9. The first-order valence-corrected chi connectivity index (χ1v) is 12.2. The summed E-state index contributed by atoms with van der Waals surface area (Å²) in [6.45, 7) is 8.08. The summed E-state index contributed by atoms with van der Waals surface area (Å²) in [7, 11) is 0. The van der Waals surface area contributed by atoms with Crippen molar-refractivity contribution in [2.75, 3.05) is 13.2 Å². The van der Waals surface area contributed by atoms with Crippen LogP contribution in [0.5, 0.6) is 5.75 Å². The van der Waals surface area contributed by atoms with Gasteiger partial charge in [-0.1, -0.05) is 54.9 Å². The van der Waals surface area contributed by atoms with Crippen molar-refractivity contribution in [2.24, 2.45) is 5.92 Å². The maximum absolute atomic E-state index is 12.4. The van der Waals surface area contributed by atoms with E-state index in [9.17, 15) is 4.79 Å². The van der Waals surface area contributed by atoms with Crippen molar-refractivity contribution in [1.82, 2.24) is 15.0 Å². The third-order valence-electron chi connectivity index (χ3n) is 5.34. The number of aromatic nitrogens is 2. The Balaban J connectivity index is 0.00000210. The van der Waals surface area contributed by atoms with Gasteiger partial charge in [-0.3, -0.25) is 4.79 Å². The van der Waals surface area contributed by atoms with Gasteiger partial charge in [-0.05, 0) is 54.7 Å². The molecule has 0 N–H and O–H groups in total. The van der Waals surface area contributed by atoms with Crippen LogP contribution in [-0.2, 0) is 24.2 Å². The number of benzene rings is 2. The number of carbonyl (C=O) groups is 1. The molecular weight excluding hydrogens is 462 g/mol. The predicted molar refractivity (Wildman–Crippen MR) is 139 cm³/mol. The molecule has 0 aliphatic carbocycles. The van der Waals surface area contributed by atoms with Gasteiger partial charge >= 0.3 is 0 Å². The highest BCUT2D eigenvalue weighted by Gasteiger charge is 2.13. The summed E-state index contributed by atoms with van der Waals surface area (Å²) in [4.78, 5) is 18.7. The summed E-state index contributed by atoms with van der Waals surface area (Å²) >= 11 is 5.92. The molecule has 0 radical (unpaired) electrons. The number of nitrogens with zero attached hydrogens (tertiary/aromatic N) is 3. The van der Waals surface area contributed by atoms with Gasteiger partial charge in [0.25, 0.3) is 0 Å². The fourth-order valence-electron chi connectivity index (χ4n) is 3.36. The summed E-state index contributed by atoms with van der Waals surface area (Å²) in [6.07, 6.45) is 10.6. The van der Waals surface area contributed by atoms with Crippen LogP contribution in [0.1, 0.15) is 56.5 Å². The molecule has 7 heteroatoms. The van der Waals surface area contributed by atoms with Crippen molar-refractivity contribution in [1.29, 1.82) is 0 Å². The van der Waals surface area contributed by atoms with Gasteiger partial charge < -0.3 is 14.2 Å². The SMILES string of the molecule is C#C.CCN(Cc1ccc(OCCc2noc(Cc3ccc(Cl)cc3)n2)cc1)C(=O)CCC(C)C. The van der Waals surface area contributed by atoms with Crippen molar-refractivity contribution in [3.05, 3.63) is 76.4 Å². The summed E-state index contributed by atoms with van der Waals surface area (Å²) in [5.41, 5.74) is 2.15. The van der Waals surface area contributed by atoms with Gasteiger partial charge in [0.15, 0.2) is 5.82 Å². The normalized spacial score (nSPS) is 10.5. The lowest BCUT2D eigenvalue weighted by molar-refractivity contribution is -0.131. The second-order valence-corrected chi connectivity index (χ2v) is 8.93. The Hall–Kier alpha value is -3.30. The molecule has 0 saturated heterocycles. The molecule has 0 atom stereocenters. The molecule has 0 unspecified atom stereocenters. The van der Waals surface area contributed by atoms with Crippen molar-refractivity contribution >= 4 is 17.5 Å². The molecule has 0 bridgehead atoms. The second-order valence-electron chi connectivity index (χ2n) is 8.49. The van der Waals surface area contributed by atoms with Gasteiger partial charge in [0.1, 0.15) is 5.75 Å². The quantitative estimate of drug-likeness (QED) is 0.289. The van der Waals surface area contributed by atoms with Crippen LogP contribution in [0.2, 0.25) is 5.02 Å². The fraction of sp³-hybridized carbons (Fsp3) is 0.393. The zero-order valence-electron chi connectivity index (χ0n) is 20.7. The maximum atomic E-state index is 12.4. The number of terminal acetylenes is 1. The van der Waals surface area contributed by atoms with Crippen LogP contribution in [0.15, 0.2) is 53.1 Å². The Bertz CT molecular complexity index is 1040. The van der Waals surface area contributed by atoms with Crippen LogP contribution in [-0.4, -0.2) is 34.1 Å². The van der Waals surface area contributed by atoms with Gasteiger partial charge in [-0.15, -0.1) is 12.8 Å². The Labute approximate surface area is 213 Å². The third-order valence-corrected chi connectivity index (χ3v) is 5.59. The highest BCUT2D eigenvalue weighted by molar-refractivity contribution is 6.30. The average Bonchev–Trinajstić information content (AvgIpc) is 3.31. The minimum atomic E-state index is 0.210. The van der Waals surface area contributed by atoms with E-state index >= 15 is 0 Å². The molecule has 2 aromatic carbocycles. The van der Waals surface area contributed by atoms with E-state index in [0.717, 1.165) is 23.3 Å². The highest BCUT2D eigenvalue weighted by atomic mass is 35.5. The molecule has 0 aliphatic rings. The minimum Gasteiger partial charge on any atom is -0.493 e. The van der Waals surface area contributed by atoms with E-state index in [4.69, 9.17) is 20.9 Å². The smallest absolute Gasteiger partial charge is 0.231 e. The average molecular weight is 496 g/mol. The summed E-state index contributed by atoms with van der Waals surface area (Å²) in [5, 5.41) is 4.73. The first kappa shape index (κ1) is 27.9. The Morgan fingerprint density at radius 3 is 2.37 bits per heavy atom. The number of rotatable bonds is 12. The van der Waals surface area contributed by atoms with E-state index in [0.29, 0.717) is 61.6 Å². The Morgan fingerprint density at radius 1 is 1.09 bits per heavy atom. The van der Waals surface area contributed by atoms with Crippen LogP contribution >= 0.6 is 11.6 Å². The van der Waals surface area contributed by atoms with Crippen LogP contribution in [0.25, 0.3) is 0 Å². The number of carbonyl (C=O) groups excluding carboxylic acids is 1. The number of amides is 1. The third kappa shape index (κ3) is 9.84. The summed E-state index contributed by atoms with van der Waals surface area (Å²) in [5.74, 6) is 2.71. The number of hydrogen-bond donors (Lipinski definition) is 0. The lowest BCUT2D eigenvalue weighted by Crippen LogP contribution is -2.30. The van der Waals surface area contributed by atoms with Gasteiger partial charge in [-0.25, -0.2) is 0 Å². The molecule has 35 heavy (non-hydrogen) atoms. The van der Waals surface area contributed by atoms with E-state index in [1.54, 1.807) is 0 Å². The first-order valence-electron chi connectivity index (χ1n) is 11.8. The molecule has 0 saturated carbocycles. The molecule has 1 aromatic heterocycles. The van der Waals surface area contributed by atoms with E-state index < -0.39 is 0 Å². The van der Waals surface area contributed by atoms with E-state index in [-0.39, 0.29) is 5.91 Å². The van der Waals surface area contributed by atoms with E-state index in [1.165, 1.54) is 0 Å². The van der Waals surface area contributed by atoms with Crippen molar-refractivity contribution in [2.45, 2.75) is 53.0 Å². The number of hydrogen-bond acceptors (Lipinski definition) is 5.